The average molecular weight is 414 g/mol. The van der Waals surface area contributed by atoms with Crippen molar-refractivity contribution in [2.24, 2.45) is 0 Å². The highest BCUT2D eigenvalue weighted by atomic mass is 79.9. The number of pyridine rings is 1. The van der Waals surface area contributed by atoms with Crippen LogP contribution in [0.4, 0.5) is 0 Å². The molecule has 0 radical (unpaired) electrons. The van der Waals surface area contributed by atoms with E-state index in [0.717, 1.165) is 31.3 Å². The van der Waals surface area contributed by atoms with Gasteiger partial charge in [0.25, 0.3) is 0 Å². The lowest BCUT2D eigenvalue weighted by Crippen LogP contribution is -1.93. The molecule has 0 N–H and O–H groups in total. The third kappa shape index (κ3) is 3.18. The number of aromatic nitrogens is 5. The molecule has 124 valence electrons. The fourth-order valence-corrected chi connectivity index (χ4v) is 3.52. The summed E-state index contributed by atoms with van der Waals surface area (Å²) in [5.41, 5.74) is 1.82. The summed E-state index contributed by atoms with van der Waals surface area (Å²) in [5.74, 6) is 1.44. The molecule has 0 bridgehead atoms. The molecule has 25 heavy (non-hydrogen) atoms. The van der Waals surface area contributed by atoms with Gasteiger partial charge in [0.15, 0.2) is 5.82 Å². The predicted molar refractivity (Wildman–Crippen MR) is 101 cm³/mol. The molecule has 4 rings (SSSR count). The zero-order chi connectivity index (χ0) is 17.2. The lowest BCUT2D eigenvalue weighted by molar-refractivity contribution is 0.363. The summed E-state index contributed by atoms with van der Waals surface area (Å²) < 4.78 is 8.21. The lowest BCUT2D eigenvalue weighted by atomic mass is 10.2. The van der Waals surface area contributed by atoms with Crippen LogP contribution in [-0.2, 0) is 0 Å². The van der Waals surface area contributed by atoms with Gasteiger partial charge in [0, 0.05) is 28.0 Å². The van der Waals surface area contributed by atoms with E-state index in [9.17, 15) is 0 Å². The second kappa shape index (κ2) is 6.73. The van der Waals surface area contributed by atoms with E-state index in [2.05, 4.69) is 42.8 Å². The molecule has 0 atom stereocenters. The van der Waals surface area contributed by atoms with Crippen LogP contribution in [0.2, 0.25) is 0 Å². The standard InChI is InChI=1S/C17H12BrN5OS/c1-2-6-24-14-5-3-4-11(8-14)16-22-23-15(20-21-17(23)25-16)12-7-13(18)10-19-9-12/h2-5,7-10H,1,6H2. The minimum atomic E-state index is 0.467. The first-order valence-electron chi connectivity index (χ1n) is 7.42. The van der Waals surface area contributed by atoms with E-state index in [1.807, 2.05) is 30.3 Å². The first-order chi connectivity index (χ1) is 12.2. The number of fused-ring (bicyclic) bond motifs is 1. The van der Waals surface area contributed by atoms with Crippen LogP contribution in [0, 0.1) is 0 Å². The van der Waals surface area contributed by atoms with E-state index < -0.39 is 0 Å². The molecule has 3 heterocycles. The Bertz CT molecular complexity index is 1060. The van der Waals surface area contributed by atoms with E-state index >= 15 is 0 Å². The predicted octanol–water partition coefficient (Wildman–Crippen LogP) is 4.24. The van der Waals surface area contributed by atoms with Crippen molar-refractivity contribution in [3.05, 3.63) is 59.9 Å². The normalized spacial score (nSPS) is 10.9. The maximum Gasteiger partial charge on any atom is 0.235 e. The quantitative estimate of drug-likeness (QED) is 0.457. The summed E-state index contributed by atoms with van der Waals surface area (Å²) in [7, 11) is 0. The average Bonchev–Trinajstić information content (AvgIpc) is 3.21. The second-order valence-corrected chi connectivity index (χ2v) is 7.02. The van der Waals surface area contributed by atoms with Crippen molar-refractivity contribution in [3.63, 3.8) is 0 Å². The van der Waals surface area contributed by atoms with Gasteiger partial charge in [0.1, 0.15) is 17.4 Å². The Morgan fingerprint density at radius 2 is 2.12 bits per heavy atom. The Labute approximate surface area is 156 Å². The van der Waals surface area contributed by atoms with Gasteiger partial charge in [-0.1, -0.05) is 36.1 Å². The first kappa shape index (κ1) is 15.9. The SMILES string of the molecule is C=CCOc1cccc(-c2nn3c(-c4cncc(Br)c4)nnc3s2)c1. The van der Waals surface area contributed by atoms with Gasteiger partial charge in [-0.3, -0.25) is 4.98 Å². The molecule has 8 heteroatoms. The van der Waals surface area contributed by atoms with Crippen molar-refractivity contribution in [1.29, 1.82) is 0 Å². The van der Waals surface area contributed by atoms with Crippen molar-refractivity contribution >= 4 is 32.2 Å². The maximum absolute atomic E-state index is 5.59. The van der Waals surface area contributed by atoms with Gasteiger partial charge in [-0.15, -0.1) is 10.2 Å². The molecule has 0 saturated heterocycles. The van der Waals surface area contributed by atoms with Crippen molar-refractivity contribution < 1.29 is 4.74 Å². The molecular weight excluding hydrogens is 402 g/mol. The molecule has 1 aromatic carbocycles. The van der Waals surface area contributed by atoms with E-state index in [-0.39, 0.29) is 0 Å². The van der Waals surface area contributed by atoms with Gasteiger partial charge >= 0.3 is 0 Å². The Kier molecular flexibility index (Phi) is 4.29. The summed E-state index contributed by atoms with van der Waals surface area (Å²) in [6.07, 6.45) is 5.18. The van der Waals surface area contributed by atoms with Gasteiger partial charge in [0.05, 0.1) is 0 Å². The Balaban J connectivity index is 1.74. The molecule has 0 amide bonds. The molecule has 0 aliphatic heterocycles. The van der Waals surface area contributed by atoms with Gasteiger partial charge in [-0.05, 0) is 34.1 Å². The molecule has 0 saturated carbocycles. The molecule has 6 nitrogen and oxygen atoms in total. The molecule has 0 unspecified atom stereocenters. The molecule has 4 aromatic rings. The van der Waals surface area contributed by atoms with Crippen LogP contribution in [0.5, 0.6) is 5.75 Å². The monoisotopic (exact) mass is 413 g/mol. The smallest absolute Gasteiger partial charge is 0.235 e. The third-order valence-corrected chi connectivity index (χ3v) is 4.78. The number of halogens is 1. The van der Waals surface area contributed by atoms with Crippen LogP contribution in [-0.4, -0.2) is 31.4 Å². The fraction of sp³-hybridized carbons (Fsp3) is 0.0588. The van der Waals surface area contributed by atoms with Crippen LogP contribution in [0.15, 0.2) is 59.9 Å². The second-order valence-electron chi connectivity index (χ2n) is 5.14. The van der Waals surface area contributed by atoms with Crippen molar-refractivity contribution in [2.45, 2.75) is 0 Å². The van der Waals surface area contributed by atoms with E-state index in [1.165, 1.54) is 11.3 Å². The van der Waals surface area contributed by atoms with E-state index in [1.54, 1.807) is 23.0 Å². The molecule has 0 aliphatic carbocycles. The zero-order valence-corrected chi connectivity index (χ0v) is 15.4. The minimum absolute atomic E-state index is 0.467. The number of rotatable bonds is 5. The van der Waals surface area contributed by atoms with E-state index in [4.69, 9.17) is 4.74 Å². The van der Waals surface area contributed by atoms with Crippen LogP contribution in [0.25, 0.3) is 26.9 Å². The Hall–Kier alpha value is -2.58. The molecule has 3 aromatic heterocycles. The largest absolute Gasteiger partial charge is 0.490 e. The number of hydrogen-bond acceptors (Lipinski definition) is 6. The summed E-state index contributed by atoms with van der Waals surface area (Å²) >= 11 is 4.90. The summed E-state index contributed by atoms with van der Waals surface area (Å²) in [6.45, 7) is 4.13. The van der Waals surface area contributed by atoms with Crippen molar-refractivity contribution in [3.8, 4) is 27.7 Å². The highest BCUT2D eigenvalue weighted by Crippen LogP contribution is 2.30. The van der Waals surface area contributed by atoms with Crippen LogP contribution < -0.4 is 4.74 Å². The number of hydrogen-bond donors (Lipinski definition) is 0. The number of ether oxygens (including phenoxy) is 1. The summed E-state index contributed by atoms with van der Waals surface area (Å²) in [4.78, 5) is 4.90. The minimum Gasteiger partial charge on any atom is -0.490 e. The summed E-state index contributed by atoms with van der Waals surface area (Å²) in [5, 5.41) is 14.0. The molecular formula is C17H12BrN5OS. The molecule has 0 aliphatic rings. The highest BCUT2D eigenvalue weighted by Gasteiger charge is 2.15. The molecule has 0 fully saturated rings. The first-order valence-corrected chi connectivity index (χ1v) is 9.03. The van der Waals surface area contributed by atoms with Crippen molar-refractivity contribution in [2.75, 3.05) is 6.61 Å². The van der Waals surface area contributed by atoms with Gasteiger partial charge in [0.2, 0.25) is 4.96 Å². The molecule has 0 spiro atoms. The highest BCUT2D eigenvalue weighted by molar-refractivity contribution is 9.10. The maximum atomic E-state index is 5.59. The van der Waals surface area contributed by atoms with Gasteiger partial charge in [-0.25, -0.2) is 0 Å². The number of nitrogens with zero attached hydrogens (tertiary/aromatic N) is 5. The van der Waals surface area contributed by atoms with Crippen LogP contribution >= 0.6 is 27.3 Å². The topological polar surface area (TPSA) is 65.2 Å². The van der Waals surface area contributed by atoms with Crippen LogP contribution in [0.1, 0.15) is 0 Å². The fourth-order valence-electron chi connectivity index (χ4n) is 2.32. The lowest BCUT2D eigenvalue weighted by Gasteiger charge is -2.04. The zero-order valence-electron chi connectivity index (χ0n) is 13.0. The van der Waals surface area contributed by atoms with Gasteiger partial charge < -0.3 is 4.74 Å². The van der Waals surface area contributed by atoms with Crippen molar-refractivity contribution in [1.82, 2.24) is 24.8 Å². The third-order valence-electron chi connectivity index (χ3n) is 3.40. The summed E-state index contributed by atoms with van der Waals surface area (Å²) in [6, 6.07) is 9.73. The van der Waals surface area contributed by atoms with E-state index in [0.29, 0.717) is 12.4 Å². The van der Waals surface area contributed by atoms with Gasteiger partial charge in [-0.2, -0.15) is 9.61 Å². The Morgan fingerprint density at radius 3 is 2.96 bits per heavy atom. The number of benzene rings is 1. The Morgan fingerprint density at radius 1 is 1.20 bits per heavy atom. The van der Waals surface area contributed by atoms with Crippen LogP contribution in [0.3, 0.4) is 0 Å².